The Labute approximate surface area is 121 Å². The molecule has 1 aliphatic heterocycles. The molecule has 0 unspecified atom stereocenters. The van der Waals surface area contributed by atoms with Gasteiger partial charge in [-0.05, 0) is 37.6 Å². The number of nitrogens with zero attached hydrogens (tertiary/aromatic N) is 3. The minimum atomic E-state index is -3.44. The van der Waals surface area contributed by atoms with Crippen LogP contribution in [0.4, 0.5) is 0 Å². The van der Waals surface area contributed by atoms with Crippen LogP contribution in [0.2, 0.25) is 0 Å². The first kappa shape index (κ1) is 15.4. The molecule has 1 aromatic rings. The van der Waals surface area contributed by atoms with Gasteiger partial charge in [-0.25, -0.2) is 8.42 Å². The summed E-state index contributed by atoms with van der Waals surface area (Å²) < 4.78 is 26.7. The fourth-order valence-electron chi connectivity index (χ4n) is 2.89. The van der Waals surface area contributed by atoms with Crippen molar-refractivity contribution in [2.75, 3.05) is 26.7 Å². The lowest BCUT2D eigenvalue weighted by Crippen LogP contribution is -2.50. The summed E-state index contributed by atoms with van der Waals surface area (Å²) in [5.74, 6) is 0.333. The zero-order valence-corrected chi connectivity index (χ0v) is 13.2. The molecule has 0 saturated carbocycles. The van der Waals surface area contributed by atoms with Crippen LogP contribution in [0.3, 0.4) is 0 Å². The summed E-state index contributed by atoms with van der Waals surface area (Å²) in [6.07, 6.45) is 3.88. The number of piperidine rings is 1. The van der Waals surface area contributed by atoms with Gasteiger partial charge in [0, 0.05) is 32.0 Å². The van der Waals surface area contributed by atoms with Gasteiger partial charge in [-0.3, -0.25) is 4.98 Å². The van der Waals surface area contributed by atoms with Crippen LogP contribution in [0, 0.1) is 5.92 Å². The van der Waals surface area contributed by atoms with Crippen LogP contribution in [0.15, 0.2) is 29.4 Å². The molecule has 2 rings (SSSR count). The minimum absolute atomic E-state index is 0.0583. The number of likely N-dealkylation sites (tertiary alicyclic amines) is 1. The van der Waals surface area contributed by atoms with Crippen molar-refractivity contribution in [1.82, 2.24) is 14.2 Å². The molecule has 1 saturated heterocycles. The Morgan fingerprint density at radius 2 is 2.25 bits per heavy atom. The van der Waals surface area contributed by atoms with Crippen LogP contribution in [-0.2, 0) is 10.0 Å². The third-order valence-electron chi connectivity index (χ3n) is 4.17. The molecule has 20 heavy (non-hydrogen) atoms. The van der Waals surface area contributed by atoms with Crippen molar-refractivity contribution in [1.29, 1.82) is 0 Å². The van der Waals surface area contributed by atoms with E-state index in [9.17, 15) is 8.42 Å². The Bertz CT molecular complexity index is 533. The number of aromatic nitrogens is 1. The predicted molar refractivity (Wildman–Crippen MR) is 78.9 cm³/mol. The van der Waals surface area contributed by atoms with Crippen molar-refractivity contribution in [3.05, 3.63) is 24.5 Å². The van der Waals surface area contributed by atoms with Crippen LogP contribution >= 0.6 is 0 Å². The summed E-state index contributed by atoms with van der Waals surface area (Å²) in [5, 5.41) is 0. The summed E-state index contributed by atoms with van der Waals surface area (Å²) in [4.78, 5) is 6.55. The molecular formula is C14H23N3O2S. The van der Waals surface area contributed by atoms with Crippen molar-refractivity contribution in [2.24, 2.45) is 5.92 Å². The van der Waals surface area contributed by atoms with Gasteiger partial charge in [-0.15, -0.1) is 0 Å². The normalized spacial score (nSPS) is 25.0. The van der Waals surface area contributed by atoms with E-state index in [1.807, 2.05) is 0 Å². The highest BCUT2D eigenvalue weighted by molar-refractivity contribution is 7.89. The van der Waals surface area contributed by atoms with Gasteiger partial charge in [0.05, 0.1) is 0 Å². The molecule has 1 aliphatic rings. The van der Waals surface area contributed by atoms with Gasteiger partial charge in [0.1, 0.15) is 4.90 Å². The van der Waals surface area contributed by atoms with Crippen LogP contribution < -0.4 is 0 Å². The fraction of sp³-hybridized carbons (Fsp3) is 0.643. The van der Waals surface area contributed by atoms with Gasteiger partial charge in [-0.1, -0.05) is 13.8 Å². The van der Waals surface area contributed by atoms with Crippen molar-refractivity contribution in [2.45, 2.75) is 31.2 Å². The van der Waals surface area contributed by atoms with E-state index in [0.717, 1.165) is 26.1 Å². The van der Waals surface area contributed by atoms with Gasteiger partial charge in [-0.2, -0.15) is 4.31 Å². The zero-order valence-electron chi connectivity index (χ0n) is 12.4. The molecule has 0 bridgehead atoms. The highest BCUT2D eigenvalue weighted by atomic mass is 32.2. The maximum atomic E-state index is 12.6. The van der Waals surface area contributed by atoms with Gasteiger partial charge in [0.15, 0.2) is 0 Å². The Morgan fingerprint density at radius 1 is 1.50 bits per heavy atom. The molecule has 0 aromatic carbocycles. The second-order valence-corrected chi connectivity index (χ2v) is 7.43. The van der Waals surface area contributed by atoms with E-state index in [1.54, 1.807) is 25.4 Å². The second-order valence-electron chi connectivity index (χ2n) is 5.44. The van der Waals surface area contributed by atoms with Gasteiger partial charge < -0.3 is 4.90 Å². The average molecular weight is 297 g/mol. The van der Waals surface area contributed by atoms with Crippen molar-refractivity contribution < 1.29 is 8.42 Å². The van der Waals surface area contributed by atoms with E-state index < -0.39 is 10.0 Å². The first-order valence-electron chi connectivity index (χ1n) is 7.07. The minimum Gasteiger partial charge on any atom is -0.303 e. The zero-order chi connectivity index (χ0) is 14.8. The van der Waals surface area contributed by atoms with E-state index in [0.29, 0.717) is 5.92 Å². The lowest BCUT2D eigenvalue weighted by atomic mass is 9.94. The number of hydrogen-bond acceptors (Lipinski definition) is 4. The van der Waals surface area contributed by atoms with Gasteiger partial charge in [0.2, 0.25) is 10.0 Å². The Balaban J connectivity index is 2.17. The molecule has 0 aliphatic carbocycles. The fourth-order valence-corrected chi connectivity index (χ4v) is 4.34. The molecule has 0 amide bonds. The smallest absolute Gasteiger partial charge is 0.244 e. The van der Waals surface area contributed by atoms with E-state index >= 15 is 0 Å². The molecule has 2 heterocycles. The second kappa shape index (κ2) is 6.20. The monoisotopic (exact) mass is 297 g/mol. The van der Waals surface area contributed by atoms with E-state index in [2.05, 4.69) is 23.7 Å². The van der Waals surface area contributed by atoms with Crippen LogP contribution in [-0.4, -0.2) is 55.3 Å². The summed E-state index contributed by atoms with van der Waals surface area (Å²) in [7, 11) is -1.76. The quantitative estimate of drug-likeness (QED) is 0.844. The Morgan fingerprint density at radius 3 is 2.80 bits per heavy atom. The lowest BCUT2D eigenvalue weighted by Gasteiger charge is -2.40. The molecule has 1 fully saturated rings. The molecule has 2 atom stereocenters. The average Bonchev–Trinajstić information content (AvgIpc) is 2.47. The summed E-state index contributed by atoms with van der Waals surface area (Å²) in [6.45, 7) is 7.20. The van der Waals surface area contributed by atoms with Crippen molar-refractivity contribution >= 4 is 10.0 Å². The van der Waals surface area contributed by atoms with E-state index in [1.165, 1.54) is 10.5 Å². The van der Waals surface area contributed by atoms with Crippen molar-refractivity contribution in [3.63, 3.8) is 0 Å². The lowest BCUT2D eigenvalue weighted by molar-refractivity contribution is 0.123. The van der Waals surface area contributed by atoms with Crippen LogP contribution in [0.25, 0.3) is 0 Å². The van der Waals surface area contributed by atoms with Crippen LogP contribution in [0.5, 0.6) is 0 Å². The number of sulfonamides is 1. The number of pyridine rings is 1. The molecule has 1 aromatic heterocycles. The highest BCUT2D eigenvalue weighted by Crippen LogP contribution is 2.25. The predicted octanol–water partition coefficient (Wildman–Crippen LogP) is 1.43. The van der Waals surface area contributed by atoms with Gasteiger partial charge >= 0.3 is 0 Å². The van der Waals surface area contributed by atoms with Crippen LogP contribution in [0.1, 0.15) is 20.3 Å². The maximum absolute atomic E-state index is 12.6. The number of hydrogen-bond donors (Lipinski definition) is 0. The molecule has 0 spiro atoms. The summed E-state index contributed by atoms with van der Waals surface area (Å²) >= 11 is 0. The SMILES string of the molecule is CCN1CC[C@@H](N(C)S(=O)(=O)c2cccnc2)[C@@H](C)C1. The Hall–Kier alpha value is -0.980. The number of rotatable bonds is 4. The molecule has 0 N–H and O–H groups in total. The molecular weight excluding hydrogens is 274 g/mol. The van der Waals surface area contributed by atoms with Crippen molar-refractivity contribution in [3.8, 4) is 0 Å². The standard InChI is InChI=1S/C14H23N3O2S/c1-4-17-9-7-14(12(2)11-17)16(3)20(18,19)13-6-5-8-15-10-13/h5-6,8,10,12,14H,4,7,9,11H2,1-3H3/t12-,14+/m0/s1. The third kappa shape index (κ3) is 3.02. The summed E-state index contributed by atoms with van der Waals surface area (Å²) in [5.41, 5.74) is 0. The molecule has 6 heteroatoms. The first-order chi connectivity index (χ1) is 9.46. The third-order valence-corrected chi connectivity index (χ3v) is 6.04. The summed E-state index contributed by atoms with van der Waals surface area (Å²) in [6, 6.07) is 3.32. The Kier molecular flexibility index (Phi) is 4.78. The van der Waals surface area contributed by atoms with E-state index in [4.69, 9.17) is 0 Å². The maximum Gasteiger partial charge on any atom is 0.244 e. The largest absolute Gasteiger partial charge is 0.303 e. The van der Waals surface area contributed by atoms with Gasteiger partial charge in [0.25, 0.3) is 0 Å². The van der Waals surface area contributed by atoms with E-state index in [-0.39, 0.29) is 10.9 Å². The highest BCUT2D eigenvalue weighted by Gasteiger charge is 2.34. The molecule has 112 valence electrons. The first-order valence-corrected chi connectivity index (χ1v) is 8.51. The molecule has 0 radical (unpaired) electrons. The topological polar surface area (TPSA) is 53.5 Å². The molecule has 5 nitrogen and oxygen atoms in total.